The first-order chi connectivity index (χ1) is 16.2. The highest BCUT2D eigenvalue weighted by Gasteiger charge is 2.55. The van der Waals surface area contributed by atoms with Gasteiger partial charge < -0.3 is 9.47 Å². The maximum atomic E-state index is 12.9. The summed E-state index contributed by atoms with van der Waals surface area (Å²) in [4.78, 5) is 25.8. The van der Waals surface area contributed by atoms with Crippen molar-refractivity contribution in [3.63, 3.8) is 0 Å². The van der Waals surface area contributed by atoms with Crippen molar-refractivity contribution in [3.05, 3.63) is 119 Å². The van der Waals surface area contributed by atoms with Gasteiger partial charge in [-0.3, -0.25) is 5.32 Å². The van der Waals surface area contributed by atoms with Crippen LogP contribution in [0, 0.1) is 0 Å². The summed E-state index contributed by atoms with van der Waals surface area (Å²) in [6.07, 6.45) is -1.27. The molecule has 0 radical (unpaired) electrons. The molecule has 1 fully saturated rings. The average Bonchev–Trinajstić information content (AvgIpc) is 3.40. The minimum Gasteiger partial charge on any atom is -0.453 e. The van der Waals surface area contributed by atoms with Crippen LogP contribution >= 0.6 is 0 Å². The van der Waals surface area contributed by atoms with E-state index in [1.54, 1.807) is 48.5 Å². The van der Waals surface area contributed by atoms with Gasteiger partial charge in [0, 0.05) is 0 Å². The third-order valence-corrected chi connectivity index (χ3v) is 6.47. The minimum absolute atomic E-state index is 0.254. The van der Waals surface area contributed by atoms with E-state index in [4.69, 9.17) is 9.47 Å². The summed E-state index contributed by atoms with van der Waals surface area (Å²) in [5, 5.41) is 5.77. The second-order valence-electron chi connectivity index (χ2n) is 8.42. The van der Waals surface area contributed by atoms with Gasteiger partial charge in [-0.25, -0.2) is 9.59 Å². The molecular weight excluding hydrogens is 414 g/mol. The molecule has 4 atom stereocenters. The number of hydrogen-bond donors (Lipinski definition) is 1. The third-order valence-electron chi connectivity index (χ3n) is 6.47. The Morgan fingerprint density at radius 1 is 0.576 bits per heavy atom. The zero-order valence-electron chi connectivity index (χ0n) is 17.7. The molecule has 1 N–H and O–H groups in total. The molecule has 5 heteroatoms. The quantitative estimate of drug-likeness (QED) is 0.458. The summed E-state index contributed by atoms with van der Waals surface area (Å²) in [6.45, 7) is 0. The maximum Gasteiger partial charge on any atom is 0.338 e. The number of ether oxygens (including phenoxy) is 2. The van der Waals surface area contributed by atoms with Crippen molar-refractivity contribution in [2.24, 2.45) is 0 Å². The number of esters is 2. The lowest BCUT2D eigenvalue weighted by Gasteiger charge is -2.30. The maximum absolute atomic E-state index is 12.9. The highest BCUT2D eigenvalue weighted by Crippen LogP contribution is 2.49. The Kier molecular flexibility index (Phi) is 4.70. The second kappa shape index (κ2) is 7.87. The van der Waals surface area contributed by atoms with E-state index in [0.29, 0.717) is 11.1 Å². The van der Waals surface area contributed by atoms with Gasteiger partial charge in [-0.05, 0) is 58.3 Å². The van der Waals surface area contributed by atoms with Crippen molar-refractivity contribution in [2.45, 2.75) is 24.3 Å². The van der Waals surface area contributed by atoms with Crippen molar-refractivity contribution in [3.8, 4) is 0 Å². The molecule has 2 aliphatic heterocycles. The van der Waals surface area contributed by atoms with Crippen LogP contribution in [0.3, 0.4) is 0 Å². The molecular formula is C28H21NO4. The van der Waals surface area contributed by atoms with Crippen molar-refractivity contribution >= 4 is 22.7 Å². The number of benzene rings is 4. The van der Waals surface area contributed by atoms with Gasteiger partial charge in [-0.2, -0.15) is 0 Å². The average molecular weight is 435 g/mol. The van der Waals surface area contributed by atoms with Crippen molar-refractivity contribution in [2.75, 3.05) is 0 Å². The lowest BCUT2D eigenvalue weighted by Crippen LogP contribution is -2.39. The van der Waals surface area contributed by atoms with Crippen LogP contribution in [0.1, 0.15) is 43.9 Å². The zero-order valence-corrected chi connectivity index (χ0v) is 17.7. The number of hydrogen-bond acceptors (Lipinski definition) is 5. The molecule has 1 saturated heterocycles. The van der Waals surface area contributed by atoms with Gasteiger partial charge in [0.15, 0.2) is 12.2 Å². The molecule has 0 amide bonds. The Balaban J connectivity index is 1.37. The molecule has 33 heavy (non-hydrogen) atoms. The molecule has 6 rings (SSSR count). The largest absolute Gasteiger partial charge is 0.453 e. The lowest BCUT2D eigenvalue weighted by molar-refractivity contribution is -0.0348. The fraction of sp³-hybridized carbons (Fsp3) is 0.143. The molecule has 2 bridgehead atoms. The van der Waals surface area contributed by atoms with Crippen molar-refractivity contribution in [1.29, 1.82) is 0 Å². The van der Waals surface area contributed by atoms with Gasteiger partial charge in [0.25, 0.3) is 0 Å². The Labute approximate surface area is 191 Å². The molecule has 0 aliphatic carbocycles. The first-order valence-electron chi connectivity index (χ1n) is 11.0. The summed E-state index contributed by atoms with van der Waals surface area (Å²) in [5.41, 5.74) is 3.09. The lowest BCUT2D eigenvalue weighted by atomic mass is 9.85. The molecule has 4 aromatic rings. The van der Waals surface area contributed by atoms with E-state index in [-0.39, 0.29) is 12.1 Å². The standard InChI is InChI=1S/C28H21NO4/c30-27(17-9-3-1-4-10-17)32-25-23-21-15-19-13-7-8-14-20(19)16-22(21)24(29-23)26(25)33-28(31)18-11-5-2-6-12-18/h1-16,23-26,29H. The van der Waals surface area contributed by atoms with E-state index in [2.05, 4.69) is 29.6 Å². The molecule has 162 valence electrons. The van der Waals surface area contributed by atoms with E-state index in [1.165, 1.54) is 0 Å². The van der Waals surface area contributed by atoms with Crippen LogP contribution in [0.2, 0.25) is 0 Å². The summed E-state index contributed by atoms with van der Waals surface area (Å²) in [6, 6.07) is 29.7. The van der Waals surface area contributed by atoms with E-state index in [9.17, 15) is 9.59 Å². The molecule has 0 aromatic heterocycles. The van der Waals surface area contributed by atoms with Gasteiger partial charge in [-0.1, -0.05) is 60.7 Å². The van der Waals surface area contributed by atoms with Gasteiger partial charge in [0.05, 0.1) is 23.2 Å². The van der Waals surface area contributed by atoms with Crippen molar-refractivity contribution < 1.29 is 19.1 Å². The number of carbonyl (C=O) groups is 2. The van der Waals surface area contributed by atoms with E-state index in [0.717, 1.165) is 21.9 Å². The topological polar surface area (TPSA) is 64.6 Å². The summed E-state index contributed by atoms with van der Waals surface area (Å²) in [5.74, 6) is -0.865. The minimum atomic E-state index is -0.635. The Morgan fingerprint density at radius 3 is 1.39 bits per heavy atom. The molecule has 5 nitrogen and oxygen atoms in total. The Bertz CT molecular complexity index is 1250. The van der Waals surface area contributed by atoms with Gasteiger partial charge in [0.2, 0.25) is 0 Å². The van der Waals surface area contributed by atoms with Gasteiger partial charge >= 0.3 is 11.9 Å². The highest BCUT2D eigenvalue weighted by molar-refractivity contribution is 5.91. The van der Waals surface area contributed by atoms with Crippen LogP contribution in [0.5, 0.6) is 0 Å². The van der Waals surface area contributed by atoms with Crippen LogP contribution in [0.15, 0.2) is 97.1 Å². The normalized spacial score (nSPS) is 22.7. The van der Waals surface area contributed by atoms with Gasteiger partial charge in [-0.15, -0.1) is 0 Å². The molecule has 2 heterocycles. The fourth-order valence-electron chi connectivity index (χ4n) is 4.91. The second-order valence-corrected chi connectivity index (χ2v) is 8.42. The van der Waals surface area contributed by atoms with Crippen LogP contribution in [-0.2, 0) is 9.47 Å². The van der Waals surface area contributed by atoms with Crippen LogP contribution in [0.4, 0.5) is 0 Å². The van der Waals surface area contributed by atoms with Crippen LogP contribution in [-0.4, -0.2) is 24.1 Å². The Morgan fingerprint density at radius 2 is 0.970 bits per heavy atom. The van der Waals surface area contributed by atoms with Crippen LogP contribution < -0.4 is 5.32 Å². The van der Waals surface area contributed by atoms with Gasteiger partial charge in [0.1, 0.15) is 0 Å². The zero-order chi connectivity index (χ0) is 22.4. The molecule has 2 aliphatic rings. The summed E-state index contributed by atoms with van der Waals surface area (Å²) in [7, 11) is 0. The SMILES string of the molecule is O=C(OC1C2NC(c3cc4ccccc4cc32)C1OC(=O)c1ccccc1)c1ccccc1. The van der Waals surface area contributed by atoms with Crippen LogP contribution in [0.25, 0.3) is 10.8 Å². The predicted octanol–water partition coefficient (Wildman–Crippen LogP) is 4.99. The Hall–Kier alpha value is -3.96. The number of carbonyl (C=O) groups excluding carboxylic acids is 2. The smallest absolute Gasteiger partial charge is 0.338 e. The van der Waals surface area contributed by atoms with Crippen molar-refractivity contribution in [1.82, 2.24) is 5.32 Å². The first-order valence-corrected chi connectivity index (χ1v) is 11.0. The first kappa shape index (κ1) is 19.7. The van der Waals surface area contributed by atoms with E-state index < -0.39 is 24.1 Å². The predicted molar refractivity (Wildman–Crippen MR) is 124 cm³/mol. The highest BCUT2D eigenvalue weighted by atomic mass is 16.6. The monoisotopic (exact) mass is 435 g/mol. The fourth-order valence-corrected chi connectivity index (χ4v) is 4.91. The summed E-state index contributed by atoms with van der Waals surface area (Å²) < 4.78 is 11.9. The van der Waals surface area contributed by atoms with E-state index in [1.807, 2.05) is 24.3 Å². The third kappa shape index (κ3) is 3.38. The summed E-state index contributed by atoms with van der Waals surface area (Å²) >= 11 is 0. The van der Waals surface area contributed by atoms with E-state index >= 15 is 0 Å². The molecule has 0 spiro atoms. The number of rotatable bonds is 4. The number of nitrogens with one attached hydrogen (secondary N) is 1. The molecule has 0 saturated carbocycles. The molecule has 4 unspecified atom stereocenters. The molecule has 4 aromatic carbocycles. The number of fused-ring (bicyclic) bond motifs is 6.